The Morgan fingerprint density at radius 1 is 1.25 bits per heavy atom. The Morgan fingerprint density at radius 3 is 2.82 bits per heavy atom. The van der Waals surface area contributed by atoms with Gasteiger partial charge in [0.1, 0.15) is 18.5 Å². The molecule has 2 aromatic carbocycles. The lowest BCUT2D eigenvalue weighted by Gasteiger charge is -2.26. The van der Waals surface area contributed by atoms with Crippen LogP contribution in [0.25, 0.3) is 0 Å². The van der Waals surface area contributed by atoms with Crippen molar-refractivity contribution < 1.29 is 27.8 Å². The van der Waals surface area contributed by atoms with Crippen LogP contribution in [0, 0.1) is 0 Å². The first-order valence-electron chi connectivity index (χ1n) is 8.87. The van der Waals surface area contributed by atoms with Gasteiger partial charge in [0, 0.05) is 6.54 Å². The molecule has 0 fully saturated rings. The van der Waals surface area contributed by atoms with Crippen molar-refractivity contribution in [3.63, 3.8) is 0 Å². The van der Waals surface area contributed by atoms with Gasteiger partial charge < -0.3 is 19.5 Å². The first-order valence-corrected chi connectivity index (χ1v) is 8.87. The van der Waals surface area contributed by atoms with Crippen molar-refractivity contribution in [2.75, 3.05) is 26.7 Å². The lowest BCUT2D eigenvalue weighted by molar-refractivity contribution is -0.122. The molecule has 2 aromatic rings. The largest absolute Gasteiger partial charge is 0.486 e. The Labute approximate surface area is 162 Å². The molecular weight excluding hydrogens is 370 g/mol. The summed E-state index contributed by atoms with van der Waals surface area (Å²) in [6.07, 6.45) is -0.257. The number of para-hydroxylation sites is 2. The lowest BCUT2D eigenvalue weighted by Crippen LogP contribution is -2.43. The minimum absolute atomic E-state index is 0.0973. The Morgan fingerprint density at radius 2 is 2.04 bits per heavy atom. The molecule has 0 aromatic heterocycles. The molecule has 1 atom stereocenters. The van der Waals surface area contributed by atoms with Crippen LogP contribution in [-0.4, -0.2) is 50.3 Å². The molecule has 8 heteroatoms. The second-order valence-electron chi connectivity index (χ2n) is 6.50. The number of carbonyl (C=O) groups is 1. The summed E-state index contributed by atoms with van der Waals surface area (Å²) in [5.74, 6) is 1.30. The van der Waals surface area contributed by atoms with E-state index in [0.29, 0.717) is 31.2 Å². The van der Waals surface area contributed by atoms with Crippen molar-refractivity contribution in [1.29, 1.82) is 0 Å². The topological polar surface area (TPSA) is 60.0 Å². The number of likely N-dealkylation sites (N-methyl/N-ethyl adjacent to an activating group) is 1. The first kappa shape index (κ1) is 19.9. The first-order chi connectivity index (χ1) is 13.5. The zero-order valence-corrected chi connectivity index (χ0v) is 15.4. The predicted octanol–water partition coefficient (Wildman–Crippen LogP) is 2.68. The molecule has 0 saturated carbocycles. The van der Waals surface area contributed by atoms with Gasteiger partial charge in [-0.3, -0.25) is 9.69 Å². The molecule has 28 heavy (non-hydrogen) atoms. The van der Waals surface area contributed by atoms with Gasteiger partial charge in [0.25, 0.3) is 0 Å². The van der Waals surface area contributed by atoms with Gasteiger partial charge in [-0.1, -0.05) is 24.3 Å². The van der Waals surface area contributed by atoms with E-state index in [4.69, 9.17) is 9.47 Å². The Balaban J connectivity index is 1.42. The van der Waals surface area contributed by atoms with Gasteiger partial charge in [0.05, 0.1) is 13.1 Å². The fourth-order valence-corrected chi connectivity index (χ4v) is 2.88. The molecule has 1 amide bonds. The third kappa shape index (κ3) is 5.82. The number of alkyl halides is 2. The van der Waals surface area contributed by atoms with Gasteiger partial charge in [0.15, 0.2) is 11.5 Å². The number of benzene rings is 2. The fourth-order valence-electron chi connectivity index (χ4n) is 2.88. The second-order valence-corrected chi connectivity index (χ2v) is 6.50. The molecule has 0 aliphatic carbocycles. The number of amides is 1. The maximum Gasteiger partial charge on any atom is 0.387 e. The summed E-state index contributed by atoms with van der Waals surface area (Å²) in [7, 11) is 1.77. The van der Waals surface area contributed by atoms with Crippen LogP contribution in [0.4, 0.5) is 8.78 Å². The van der Waals surface area contributed by atoms with Crippen molar-refractivity contribution in [2.24, 2.45) is 0 Å². The van der Waals surface area contributed by atoms with Crippen LogP contribution in [0.2, 0.25) is 0 Å². The highest BCUT2D eigenvalue weighted by Gasteiger charge is 2.21. The Kier molecular flexibility index (Phi) is 6.65. The molecule has 6 nitrogen and oxygen atoms in total. The number of rotatable bonds is 8. The average molecular weight is 392 g/mol. The Hall–Kier alpha value is -2.87. The van der Waals surface area contributed by atoms with E-state index in [9.17, 15) is 13.6 Å². The van der Waals surface area contributed by atoms with Crippen LogP contribution in [0.1, 0.15) is 5.56 Å². The molecule has 1 unspecified atom stereocenters. The molecular formula is C20H22F2N2O4. The normalized spacial score (nSPS) is 15.5. The summed E-state index contributed by atoms with van der Waals surface area (Å²) in [6, 6.07) is 13.8. The molecule has 3 rings (SSSR count). The number of halogens is 2. The number of nitrogens with zero attached hydrogens (tertiary/aromatic N) is 1. The van der Waals surface area contributed by atoms with E-state index in [1.165, 1.54) is 12.1 Å². The molecule has 1 aliphatic heterocycles. The van der Waals surface area contributed by atoms with E-state index >= 15 is 0 Å². The zero-order valence-electron chi connectivity index (χ0n) is 15.4. The number of hydrogen-bond donors (Lipinski definition) is 1. The highest BCUT2D eigenvalue weighted by atomic mass is 19.3. The maximum absolute atomic E-state index is 12.3. The van der Waals surface area contributed by atoms with Crippen molar-refractivity contribution >= 4 is 5.91 Å². The third-order valence-corrected chi connectivity index (χ3v) is 4.08. The van der Waals surface area contributed by atoms with Crippen molar-refractivity contribution in [2.45, 2.75) is 19.3 Å². The van der Waals surface area contributed by atoms with Crippen molar-refractivity contribution in [1.82, 2.24) is 10.2 Å². The number of fused-ring (bicyclic) bond motifs is 1. The minimum Gasteiger partial charge on any atom is -0.486 e. The smallest absolute Gasteiger partial charge is 0.387 e. The van der Waals surface area contributed by atoms with Crippen molar-refractivity contribution in [3.05, 3.63) is 54.1 Å². The molecule has 0 saturated heterocycles. The highest BCUT2D eigenvalue weighted by molar-refractivity contribution is 5.78. The summed E-state index contributed by atoms with van der Waals surface area (Å²) < 4.78 is 40.4. The minimum atomic E-state index is -2.86. The van der Waals surface area contributed by atoms with Crippen LogP contribution in [0.3, 0.4) is 0 Å². The molecule has 150 valence electrons. The quantitative estimate of drug-likeness (QED) is 0.749. The summed E-state index contributed by atoms with van der Waals surface area (Å²) in [5.41, 5.74) is 0.772. The lowest BCUT2D eigenvalue weighted by atomic mass is 10.2. The van der Waals surface area contributed by atoms with Gasteiger partial charge in [0.2, 0.25) is 5.91 Å². The van der Waals surface area contributed by atoms with E-state index in [0.717, 1.165) is 5.56 Å². The monoisotopic (exact) mass is 392 g/mol. The molecule has 1 N–H and O–H groups in total. The number of ether oxygens (including phenoxy) is 3. The van der Waals surface area contributed by atoms with Crippen LogP contribution in [0.15, 0.2) is 48.5 Å². The molecule has 0 spiro atoms. The summed E-state index contributed by atoms with van der Waals surface area (Å²) >= 11 is 0. The van der Waals surface area contributed by atoms with E-state index in [-0.39, 0.29) is 24.3 Å². The number of carbonyl (C=O) groups excluding carboxylic acids is 1. The fraction of sp³-hybridized carbons (Fsp3) is 0.350. The molecule has 1 aliphatic rings. The van der Waals surface area contributed by atoms with Crippen LogP contribution >= 0.6 is 0 Å². The average Bonchev–Trinajstić information content (AvgIpc) is 2.66. The van der Waals surface area contributed by atoms with Gasteiger partial charge in [-0.25, -0.2) is 0 Å². The van der Waals surface area contributed by atoms with Crippen molar-refractivity contribution in [3.8, 4) is 17.2 Å². The number of hydrogen-bond acceptors (Lipinski definition) is 5. The summed E-state index contributed by atoms with van der Waals surface area (Å²) in [4.78, 5) is 14.0. The molecule has 1 heterocycles. The summed E-state index contributed by atoms with van der Waals surface area (Å²) in [6.45, 7) is -1.59. The van der Waals surface area contributed by atoms with Gasteiger partial charge in [-0.15, -0.1) is 0 Å². The number of nitrogens with one attached hydrogen (secondary N) is 1. The molecule has 0 bridgehead atoms. The van der Waals surface area contributed by atoms with E-state index in [1.54, 1.807) is 24.1 Å². The SMILES string of the molecule is CN(CC(=O)NCC1COc2ccccc2O1)Cc1cccc(OC(F)F)c1. The summed E-state index contributed by atoms with van der Waals surface area (Å²) in [5, 5.41) is 2.83. The van der Waals surface area contributed by atoms with E-state index in [1.807, 2.05) is 24.3 Å². The van der Waals surface area contributed by atoms with Gasteiger partial charge in [-0.2, -0.15) is 8.78 Å². The second kappa shape index (κ2) is 9.36. The Bertz CT molecular complexity index is 803. The van der Waals surface area contributed by atoms with Gasteiger partial charge >= 0.3 is 6.61 Å². The predicted molar refractivity (Wildman–Crippen MR) is 98.8 cm³/mol. The third-order valence-electron chi connectivity index (χ3n) is 4.08. The van der Waals surface area contributed by atoms with Crippen LogP contribution < -0.4 is 19.5 Å². The van der Waals surface area contributed by atoms with Gasteiger partial charge in [-0.05, 0) is 36.9 Å². The zero-order chi connectivity index (χ0) is 19.9. The van der Waals surface area contributed by atoms with E-state index in [2.05, 4.69) is 10.1 Å². The van der Waals surface area contributed by atoms with E-state index < -0.39 is 6.61 Å². The van der Waals surface area contributed by atoms with Crippen LogP contribution in [0.5, 0.6) is 17.2 Å². The molecule has 0 radical (unpaired) electrons. The highest BCUT2D eigenvalue weighted by Crippen LogP contribution is 2.30. The van der Waals surface area contributed by atoms with Crippen LogP contribution in [-0.2, 0) is 11.3 Å². The standard InChI is InChI=1S/C20H22F2N2O4/c1-24(11-14-5-4-6-15(9-14)28-20(21)22)12-19(25)23-10-16-13-26-17-7-2-3-8-18(17)27-16/h2-9,16,20H,10-13H2,1H3,(H,23,25). The maximum atomic E-state index is 12.3.